The second-order valence-corrected chi connectivity index (χ2v) is 3.08. The molecule has 1 aromatic rings. The van der Waals surface area contributed by atoms with Gasteiger partial charge >= 0.3 is 6.03 Å². The summed E-state index contributed by atoms with van der Waals surface area (Å²) in [5.74, 6) is 0.504. The zero-order valence-electron chi connectivity index (χ0n) is 8.74. The van der Waals surface area contributed by atoms with Crippen LogP contribution in [0.25, 0.3) is 0 Å². The lowest BCUT2D eigenvalue weighted by Crippen LogP contribution is -2.29. The highest BCUT2D eigenvalue weighted by Gasteiger charge is 2.04. The van der Waals surface area contributed by atoms with Crippen LogP contribution in [0.3, 0.4) is 0 Å². The molecule has 0 bridgehead atoms. The number of carbonyl (C=O) groups excluding carboxylic acids is 1. The third kappa shape index (κ3) is 3.31. The van der Waals surface area contributed by atoms with Crippen molar-refractivity contribution in [1.82, 2.24) is 15.1 Å². The van der Waals surface area contributed by atoms with Crippen molar-refractivity contribution in [2.24, 2.45) is 7.05 Å². The Bertz CT molecular complexity index is 370. The van der Waals surface area contributed by atoms with Gasteiger partial charge in [-0.3, -0.25) is 10.00 Å². The van der Waals surface area contributed by atoms with Crippen LogP contribution in [0.5, 0.6) is 0 Å². The summed E-state index contributed by atoms with van der Waals surface area (Å²) in [6.45, 7) is 2.24. The van der Waals surface area contributed by atoms with Gasteiger partial charge in [0.05, 0.1) is 12.5 Å². The van der Waals surface area contributed by atoms with E-state index in [1.165, 1.54) is 0 Å². The van der Waals surface area contributed by atoms with E-state index in [4.69, 9.17) is 5.26 Å². The average molecular weight is 207 g/mol. The molecule has 0 spiro atoms. The summed E-state index contributed by atoms with van der Waals surface area (Å²) < 4.78 is 1.67. The van der Waals surface area contributed by atoms with E-state index in [-0.39, 0.29) is 6.03 Å². The molecule has 0 aliphatic heterocycles. The number of aryl methyl sites for hydroxylation is 2. The van der Waals surface area contributed by atoms with Crippen LogP contribution in [-0.4, -0.2) is 22.4 Å². The molecule has 0 radical (unpaired) electrons. The maximum Gasteiger partial charge on any atom is 0.320 e. The normalized spacial score (nSPS) is 9.40. The van der Waals surface area contributed by atoms with Crippen molar-refractivity contribution in [3.63, 3.8) is 0 Å². The quantitative estimate of drug-likeness (QED) is 0.718. The molecule has 6 heteroatoms. The smallest absolute Gasteiger partial charge is 0.320 e. The van der Waals surface area contributed by atoms with Gasteiger partial charge < -0.3 is 5.32 Å². The highest BCUT2D eigenvalue weighted by Crippen LogP contribution is 2.05. The van der Waals surface area contributed by atoms with Crippen molar-refractivity contribution in [2.75, 3.05) is 11.9 Å². The van der Waals surface area contributed by atoms with Gasteiger partial charge in [0.2, 0.25) is 0 Å². The molecule has 0 atom stereocenters. The number of hydrogen-bond donors (Lipinski definition) is 2. The van der Waals surface area contributed by atoms with E-state index in [9.17, 15) is 4.79 Å². The van der Waals surface area contributed by atoms with Crippen LogP contribution in [0.15, 0.2) is 6.07 Å². The van der Waals surface area contributed by atoms with Gasteiger partial charge in [-0.1, -0.05) is 0 Å². The third-order valence-electron chi connectivity index (χ3n) is 1.88. The molecule has 0 fully saturated rings. The summed E-state index contributed by atoms with van der Waals surface area (Å²) in [5.41, 5.74) is 0.960. The Hall–Kier alpha value is -2.03. The molecule has 0 aromatic carbocycles. The fourth-order valence-corrected chi connectivity index (χ4v) is 1.01. The van der Waals surface area contributed by atoms with E-state index in [1.807, 2.05) is 13.0 Å². The maximum atomic E-state index is 11.2. The molecule has 15 heavy (non-hydrogen) atoms. The molecule has 2 N–H and O–H groups in total. The summed E-state index contributed by atoms with van der Waals surface area (Å²) in [6, 6.07) is 3.36. The topological polar surface area (TPSA) is 82.7 Å². The van der Waals surface area contributed by atoms with Gasteiger partial charge in [-0.05, 0) is 6.92 Å². The number of aromatic nitrogens is 2. The second kappa shape index (κ2) is 5.00. The number of rotatable bonds is 3. The minimum Gasteiger partial charge on any atom is -0.337 e. The van der Waals surface area contributed by atoms with E-state index in [0.717, 1.165) is 5.69 Å². The lowest BCUT2D eigenvalue weighted by atomic mass is 10.4. The summed E-state index contributed by atoms with van der Waals surface area (Å²) >= 11 is 0. The second-order valence-electron chi connectivity index (χ2n) is 3.08. The molecule has 1 rings (SSSR count). The average Bonchev–Trinajstić information content (AvgIpc) is 2.46. The summed E-state index contributed by atoms with van der Waals surface area (Å²) in [5, 5.41) is 17.4. The Morgan fingerprint density at radius 1 is 1.73 bits per heavy atom. The van der Waals surface area contributed by atoms with E-state index >= 15 is 0 Å². The van der Waals surface area contributed by atoms with Crippen LogP contribution < -0.4 is 10.6 Å². The first-order valence-corrected chi connectivity index (χ1v) is 4.56. The van der Waals surface area contributed by atoms with Crippen LogP contribution in [0, 0.1) is 18.3 Å². The van der Waals surface area contributed by atoms with Gasteiger partial charge in [-0.2, -0.15) is 10.4 Å². The van der Waals surface area contributed by atoms with Crippen LogP contribution >= 0.6 is 0 Å². The number of nitriles is 1. The maximum absolute atomic E-state index is 11.2. The predicted molar refractivity (Wildman–Crippen MR) is 55.2 cm³/mol. The van der Waals surface area contributed by atoms with E-state index < -0.39 is 0 Å². The molecular formula is C9H13N5O. The van der Waals surface area contributed by atoms with Gasteiger partial charge in [0, 0.05) is 25.4 Å². The van der Waals surface area contributed by atoms with Crippen LogP contribution in [-0.2, 0) is 7.05 Å². The summed E-state index contributed by atoms with van der Waals surface area (Å²) in [6.07, 6.45) is 0.300. The Morgan fingerprint density at radius 3 is 3.00 bits per heavy atom. The van der Waals surface area contributed by atoms with E-state index in [1.54, 1.807) is 17.8 Å². The van der Waals surface area contributed by atoms with Crippen LogP contribution in [0.4, 0.5) is 10.6 Å². The highest BCUT2D eigenvalue weighted by molar-refractivity contribution is 5.88. The van der Waals surface area contributed by atoms with E-state index in [0.29, 0.717) is 18.8 Å². The van der Waals surface area contributed by atoms with Gasteiger partial charge in [0.25, 0.3) is 0 Å². The summed E-state index contributed by atoms with van der Waals surface area (Å²) in [7, 11) is 1.80. The molecule has 0 saturated carbocycles. The monoisotopic (exact) mass is 207 g/mol. The van der Waals surface area contributed by atoms with Crippen LogP contribution in [0.2, 0.25) is 0 Å². The molecule has 0 aliphatic carbocycles. The first kappa shape index (κ1) is 11.0. The number of nitrogens with zero attached hydrogens (tertiary/aromatic N) is 3. The molecule has 2 amide bonds. The molecule has 1 heterocycles. The zero-order valence-corrected chi connectivity index (χ0v) is 8.74. The van der Waals surface area contributed by atoms with Crippen LogP contribution in [0.1, 0.15) is 12.1 Å². The number of hydrogen-bond acceptors (Lipinski definition) is 3. The number of nitrogens with one attached hydrogen (secondary N) is 2. The van der Waals surface area contributed by atoms with Crippen molar-refractivity contribution in [2.45, 2.75) is 13.3 Å². The fraction of sp³-hybridized carbons (Fsp3) is 0.444. The Morgan fingerprint density at radius 2 is 2.47 bits per heavy atom. The molecule has 0 aliphatic rings. The number of amides is 2. The fourth-order valence-electron chi connectivity index (χ4n) is 1.01. The molecular weight excluding hydrogens is 194 g/mol. The SMILES string of the molecule is Cc1cc(NC(=O)NCCC#N)nn1C. The Labute approximate surface area is 87.9 Å². The zero-order chi connectivity index (χ0) is 11.3. The first-order chi connectivity index (χ1) is 7.13. The number of anilines is 1. The van der Waals surface area contributed by atoms with Gasteiger partial charge in [0.15, 0.2) is 5.82 Å². The third-order valence-corrected chi connectivity index (χ3v) is 1.88. The van der Waals surface area contributed by atoms with Crippen molar-refractivity contribution < 1.29 is 4.79 Å². The lowest BCUT2D eigenvalue weighted by Gasteiger charge is -2.02. The van der Waals surface area contributed by atoms with Gasteiger partial charge in [-0.15, -0.1) is 0 Å². The molecule has 0 saturated heterocycles. The molecule has 1 aromatic heterocycles. The largest absolute Gasteiger partial charge is 0.337 e. The van der Waals surface area contributed by atoms with Crippen molar-refractivity contribution in [3.8, 4) is 6.07 Å². The van der Waals surface area contributed by atoms with Crippen molar-refractivity contribution in [3.05, 3.63) is 11.8 Å². The summed E-state index contributed by atoms with van der Waals surface area (Å²) in [4.78, 5) is 11.2. The minimum atomic E-state index is -0.344. The van der Waals surface area contributed by atoms with Crippen molar-refractivity contribution >= 4 is 11.8 Å². The number of carbonyl (C=O) groups is 1. The van der Waals surface area contributed by atoms with Crippen molar-refractivity contribution in [1.29, 1.82) is 5.26 Å². The lowest BCUT2D eigenvalue weighted by molar-refractivity contribution is 0.252. The minimum absolute atomic E-state index is 0.300. The predicted octanol–water partition coefficient (Wildman–Crippen LogP) is 0.764. The molecule has 80 valence electrons. The van der Waals surface area contributed by atoms with E-state index in [2.05, 4.69) is 15.7 Å². The van der Waals surface area contributed by atoms with Gasteiger partial charge in [0.1, 0.15) is 0 Å². The molecule has 6 nitrogen and oxygen atoms in total. The molecule has 0 unspecified atom stereocenters. The first-order valence-electron chi connectivity index (χ1n) is 4.56. The highest BCUT2D eigenvalue weighted by atomic mass is 16.2. The number of urea groups is 1. The standard InChI is InChI=1S/C9H13N5O/c1-7-6-8(13-14(7)2)12-9(15)11-5-3-4-10/h6H,3,5H2,1-2H3,(H2,11,12,13,15). The Balaban J connectivity index is 2.42. The van der Waals surface area contributed by atoms with Gasteiger partial charge in [-0.25, -0.2) is 4.79 Å². The Kier molecular flexibility index (Phi) is 3.68.